The standard InChI is InChI=1S/C13H17F5N2O/c1-7(13(16,17)18)4-6-20-9-3-5-12(14,15)11(21)10(9)8(2)19-20/h7,11,21H,3-6H2,1-2H3/t7?,11-/m0/s1. The number of hydrogen-bond donors (Lipinski definition) is 1. The second-order valence-electron chi connectivity index (χ2n) is 5.56. The molecule has 2 rings (SSSR count). The molecule has 0 aromatic carbocycles. The summed E-state index contributed by atoms with van der Waals surface area (Å²) in [5.74, 6) is -4.71. The molecule has 0 bridgehead atoms. The van der Waals surface area contributed by atoms with E-state index in [9.17, 15) is 27.1 Å². The molecule has 3 nitrogen and oxygen atoms in total. The Morgan fingerprint density at radius 1 is 1.43 bits per heavy atom. The highest BCUT2D eigenvalue weighted by Crippen LogP contribution is 2.42. The minimum atomic E-state index is -4.28. The molecular formula is C13H17F5N2O. The lowest BCUT2D eigenvalue weighted by Crippen LogP contribution is -2.32. The first-order valence-corrected chi connectivity index (χ1v) is 6.73. The van der Waals surface area contributed by atoms with Crippen LogP contribution in [0.5, 0.6) is 0 Å². The first-order valence-electron chi connectivity index (χ1n) is 6.73. The van der Waals surface area contributed by atoms with Gasteiger partial charge in [-0.1, -0.05) is 6.92 Å². The number of aryl methyl sites for hydroxylation is 2. The average Bonchev–Trinajstić information content (AvgIpc) is 2.67. The average molecular weight is 312 g/mol. The summed E-state index contributed by atoms with van der Waals surface area (Å²) in [7, 11) is 0. The number of hydrogen-bond acceptors (Lipinski definition) is 2. The molecule has 0 amide bonds. The molecule has 120 valence electrons. The lowest BCUT2D eigenvalue weighted by molar-refractivity contribution is -0.171. The zero-order chi connectivity index (χ0) is 16.0. The van der Waals surface area contributed by atoms with Crippen LogP contribution in [0.2, 0.25) is 0 Å². The van der Waals surface area contributed by atoms with Crippen LogP contribution >= 0.6 is 0 Å². The fraction of sp³-hybridized carbons (Fsp3) is 0.769. The number of aliphatic hydroxyl groups is 1. The van der Waals surface area contributed by atoms with E-state index in [0.717, 1.165) is 6.92 Å². The van der Waals surface area contributed by atoms with Crippen LogP contribution in [0.1, 0.15) is 42.8 Å². The summed E-state index contributed by atoms with van der Waals surface area (Å²) in [6, 6.07) is 0. The van der Waals surface area contributed by atoms with Gasteiger partial charge in [-0.15, -0.1) is 0 Å². The summed E-state index contributed by atoms with van der Waals surface area (Å²) >= 11 is 0. The van der Waals surface area contributed by atoms with Gasteiger partial charge in [0.05, 0.1) is 11.6 Å². The zero-order valence-electron chi connectivity index (χ0n) is 11.7. The number of nitrogens with zero attached hydrogens (tertiary/aromatic N) is 2. The van der Waals surface area contributed by atoms with Crippen LogP contribution in [0.3, 0.4) is 0 Å². The molecule has 0 saturated heterocycles. The number of fused-ring (bicyclic) bond motifs is 1. The highest BCUT2D eigenvalue weighted by atomic mass is 19.4. The molecule has 0 fully saturated rings. The highest BCUT2D eigenvalue weighted by molar-refractivity contribution is 5.32. The maximum absolute atomic E-state index is 13.5. The Bertz CT molecular complexity index is 523. The monoisotopic (exact) mass is 312 g/mol. The van der Waals surface area contributed by atoms with Gasteiger partial charge in [-0.2, -0.15) is 18.3 Å². The van der Waals surface area contributed by atoms with E-state index in [1.807, 2.05) is 0 Å². The minimum absolute atomic E-state index is 0.000627. The first kappa shape index (κ1) is 16.2. The molecule has 0 spiro atoms. The largest absolute Gasteiger partial charge is 0.391 e. The van der Waals surface area contributed by atoms with Gasteiger partial charge in [0, 0.05) is 24.2 Å². The zero-order valence-corrected chi connectivity index (χ0v) is 11.7. The first-order chi connectivity index (χ1) is 9.54. The van der Waals surface area contributed by atoms with E-state index in [1.165, 1.54) is 11.6 Å². The van der Waals surface area contributed by atoms with Crippen LogP contribution in [0.4, 0.5) is 22.0 Å². The third kappa shape index (κ3) is 3.04. The van der Waals surface area contributed by atoms with Crippen LogP contribution in [-0.4, -0.2) is 27.0 Å². The summed E-state index contributed by atoms with van der Waals surface area (Å²) in [5.41, 5.74) is 0.725. The summed E-state index contributed by atoms with van der Waals surface area (Å²) in [6.07, 6.45) is -6.92. The molecule has 21 heavy (non-hydrogen) atoms. The summed E-state index contributed by atoms with van der Waals surface area (Å²) in [5, 5.41) is 13.7. The third-order valence-electron chi connectivity index (χ3n) is 3.98. The van der Waals surface area contributed by atoms with Crippen molar-refractivity contribution in [3.8, 4) is 0 Å². The maximum atomic E-state index is 13.5. The second kappa shape index (κ2) is 5.23. The van der Waals surface area contributed by atoms with Gasteiger partial charge < -0.3 is 5.11 Å². The maximum Gasteiger partial charge on any atom is 0.391 e. The normalized spacial score (nSPS) is 23.0. The highest BCUT2D eigenvalue weighted by Gasteiger charge is 2.46. The molecule has 0 aliphatic heterocycles. The molecule has 2 atom stereocenters. The number of halogens is 5. The smallest absolute Gasteiger partial charge is 0.382 e. The number of alkyl halides is 5. The summed E-state index contributed by atoms with van der Waals surface area (Å²) in [4.78, 5) is 0. The van der Waals surface area contributed by atoms with Gasteiger partial charge in [-0.3, -0.25) is 4.68 Å². The number of rotatable bonds is 3. The van der Waals surface area contributed by atoms with Crippen molar-refractivity contribution in [2.24, 2.45) is 5.92 Å². The predicted molar refractivity (Wildman–Crippen MR) is 65.0 cm³/mol. The summed E-state index contributed by atoms with van der Waals surface area (Å²) < 4.78 is 65.8. The Balaban J connectivity index is 2.20. The quantitative estimate of drug-likeness (QED) is 0.869. The number of aliphatic hydroxyl groups excluding tert-OH is 1. The van der Waals surface area contributed by atoms with Gasteiger partial charge in [0.2, 0.25) is 0 Å². The van der Waals surface area contributed by atoms with Crippen LogP contribution in [0.15, 0.2) is 0 Å². The molecule has 1 aliphatic rings. The van der Waals surface area contributed by atoms with Crippen LogP contribution in [0.25, 0.3) is 0 Å². The predicted octanol–water partition coefficient (Wildman–Crippen LogP) is 3.39. The van der Waals surface area contributed by atoms with E-state index < -0.39 is 30.5 Å². The molecule has 1 aromatic heterocycles. The SMILES string of the molecule is Cc1nn(CCC(C)C(F)(F)F)c2c1[C@H](O)C(F)(F)CC2. The fourth-order valence-corrected chi connectivity index (χ4v) is 2.56. The van der Waals surface area contributed by atoms with Crippen LogP contribution < -0.4 is 0 Å². The molecule has 0 saturated carbocycles. The van der Waals surface area contributed by atoms with Gasteiger partial charge in [-0.25, -0.2) is 8.78 Å². The summed E-state index contributed by atoms with van der Waals surface area (Å²) in [6.45, 7) is 2.55. The second-order valence-corrected chi connectivity index (χ2v) is 5.56. The molecule has 8 heteroatoms. The topological polar surface area (TPSA) is 38.0 Å². The van der Waals surface area contributed by atoms with Crippen molar-refractivity contribution in [2.45, 2.75) is 57.9 Å². The van der Waals surface area contributed by atoms with E-state index in [-0.39, 0.29) is 30.6 Å². The van der Waals surface area contributed by atoms with Crippen molar-refractivity contribution < 1.29 is 27.1 Å². The van der Waals surface area contributed by atoms with Crippen LogP contribution in [0, 0.1) is 12.8 Å². The molecule has 0 radical (unpaired) electrons. The van der Waals surface area contributed by atoms with Crippen LogP contribution in [-0.2, 0) is 13.0 Å². The van der Waals surface area contributed by atoms with E-state index in [1.54, 1.807) is 0 Å². The van der Waals surface area contributed by atoms with Gasteiger partial charge in [0.15, 0.2) is 0 Å². The van der Waals surface area contributed by atoms with Gasteiger partial charge in [0.1, 0.15) is 6.10 Å². The Labute approximate surface area is 118 Å². The van der Waals surface area contributed by atoms with E-state index in [2.05, 4.69) is 5.10 Å². The van der Waals surface area contributed by atoms with E-state index in [4.69, 9.17) is 0 Å². The fourth-order valence-electron chi connectivity index (χ4n) is 2.56. The van der Waals surface area contributed by atoms with Gasteiger partial charge in [-0.05, 0) is 19.8 Å². The molecule has 1 unspecified atom stereocenters. The van der Waals surface area contributed by atoms with Gasteiger partial charge in [0.25, 0.3) is 5.92 Å². The molecule has 1 aromatic rings. The number of aromatic nitrogens is 2. The molecule has 1 heterocycles. The minimum Gasteiger partial charge on any atom is -0.382 e. The Morgan fingerprint density at radius 3 is 2.62 bits per heavy atom. The molecule has 1 N–H and O–H groups in total. The van der Waals surface area contributed by atoms with E-state index in [0.29, 0.717) is 5.69 Å². The van der Waals surface area contributed by atoms with Gasteiger partial charge >= 0.3 is 6.18 Å². The molecular weight excluding hydrogens is 295 g/mol. The van der Waals surface area contributed by atoms with Crippen molar-refractivity contribution >= 4 is 0 Å². The van der Waals surface area contributed by atoms with Crippen molar-refractivity contribution in [3.05, 3.63) is 17.0 Å². The Morgan fingerprint density at radius 2 is 2.05 bits per heavy atom. The van der Waals surface area contributed by atoms with Crippen molar-refractivity contribution in [3.63, 3.8) is 0 Å². The Hall–Kier alpha value is -1.18. The lowest BCUT2D eigenvalue weighted by Gasteiger charge is -2.28. The van der Waals surface area contributed by atoms with Crippen molar-refractivity contribution in [1.29, 1.82) is 0 Å². The van der Waals surface area contributed by atoms with Crippen molar-refractivity contribution in [2.75, 3.05) is 0 Å². The van der Waals surface area contributed by atoms with Crippen molar-refractivity contribution in [1.82, 2.24) is 9.78 Å². The lowest BCUT2D eigenvalue weighted by atomic mass is 9.90. The van der Waals surface area contributed by atoms with E-state index >= 15 is 0 Å². The third-order valence-corrected chi connectivity index (χ3v) is 3.98. The molecule has 1 aliphatic carbocycles. The Kier molecular flexibility index (Phi) is 4.03.